The van der Waals surface area contributed by atoms with Gasteiger partial charge in [0.1, 0.15) is 23.4 Å². The van der Waals surface area contributed by atoms with Crippen molar-refractivity contribution in [2.45, 2.75) is 12.8 Å². The summed E-state index contributed by atoms with van der Waals surface area (Å²) < 4.78 is 24.0. The number of carboxylic acid groups (broad SMARTS) is 1. The number of thiol groups is 1. The average molecular weight is 264 g/mol. The minimum Gasteiger partial charge on any atom is -0.481 e. The summed E-state index contributed by atoms with van der Waals surface area (Å²) in [4.78, 5) is 44.3. The fraction of sp³-hybridized carbons (Fsp3) is 0.500. The molecule has 1 aliphatic carbocycles. The number of carboxylic acids is 1. The molecule has 1 N–H and O–H groups in total. The van der Waals surface area contributed by atoms with Crippen LogP contribution in [-0.4, -0.2) is 37.0 Å². The summed E-state index contributed by atoms with van der Waals surface area (Å²) >= 11 is 0. The third kappa shape index (κ3) is 3.09. The van der Waals surface area contributed by atoms with Gasteiger partial charge in [-0.05, 0) is 0 Å². The van der Waals surface area contributed by atoms with Gasteiger partial charge in [-0.1, -0.05) is 0 Å². The Kier molecular flexibility index (Phi) is 3.94. The zero-order chi connectivity index (χ0) is 13.2. The van der Waals surface area contributed by atoms with Gasteiger partial charge in [-0.2, -0.15) is 8.42 Å². The van der Waals surface area contributed by atoms with Crippen molar-refractivity contribution in [3.8, 4) is 0 Å². The maximum atomic E-state index is 11.4. The number of aliphatic carboxylic acids is 1. The van der Waals surface area contributed by atoms with Crippen LogP contribution in [-0.2, 0) is 34.3 Å². The van der Waals surface area contributed by atoms with Crippen molar-refractivity contribution < 1.29 is 36.9 Å². The van der Waals surface area contributed by atoms with Gasteiger partial charge in [-0.3, -0.25) is 19.2 Å². The molecule has 9 heteroatoms. The Labute approximate surface area is 96.7 Å². The Morgan fingerprint density at radius 2 is 1.59 bits per heavy atom. The van der Waals surface area contributed by atoms with Gasteiger partial charge < -0.3 is 9.29 Å². The highest BCUT2D eigenvalue weighted by atomic mass is 32.2. The Balaban J connectivity index is 2.80. The van der Waals surface area contributed by atoms with Crippen LogP contribution in [0.2, 0.25) is 0 Å². The fourth-order valence-electron chi connectivity index (χ4n) is 1.49. The summed E-state index contributed by atoms with van der Waals surface area (Å²) in [5.74, 6) is -7.37. The van der Waals surface area contributed by atoms with Crippen LogP contribution in [0, 0.1) is 11.8 Å². The van der Waals surface area contributed by atoms with E-state index in [1.807, 2.05) is 0 Å². The Bertz CT molecular complexity index is 454. The number of Topliss-reactive ketones (excluding diaryl/α,β-unsaturated/α-hetero) is 2. The molecule has 2 atom stereocenters. The van der Waals surface area contributed by atoms with Gasteiger partial charge >= 0.3 is 22.9 Å². The molecule has 0 aromatic heterocycles. The van der Waals surface area contributed by atoms with Gasteiger partial charge in [0.25, 0.3) is 0 Å². The van der Waals surface area contributed by atoms with Crippen molar-refractivity contribution in [1.82, 2.24) is 0 Å². The lowest BCUT2D eigenvalue weighted by Gasteiger charge is -2.21. The fourth-order valence-corrected chi connectivity index (χ4v) is 1.77. The average Bonchev–Trinajstić information content (AvgIpc) is 2.19. The number of hydrogen-bond acceptors (Lipinski definition) is 7. The van der Waals surface area contributed by atoms with E-state index in [1.54, 1.807) is 0 Å². The SMILES string of the molecule is O=C(O)C1CC(=O)C(C(=O)O[SH](=O)=O)CC1=O. The molecule has 0 aromatic rings. The molecule has 0 aliphatic heterocycles. The predicted molar refractivity (Wildman–Crippen MR) is 50.3 cm³/mol. The molecule has 0 saturated heterocycles. The zero-order valence-electron chi connectivity index (χ0n) is 8.32. The predicted octanol–water partition coefficient (Wildman–Crippen LogP) is -1.70. The first-order chi connectivity index (χ1) is 7.82. The topological polar surface area (TPSA) is 132 Å². The smallest absolute Gasteiger partial charge is 0.332 e. The van der Waals surface area contributed by atoms with Crippen LogP contribution in [0.3, 0.4) is 0 Å². The molecule has 94 valence electrons. The third-order valence-corrected chi connectivity index (χ3v) is 2.66. The molecule has 1 saturated carbocycles. The molecule has 0 amide bonds. The van der Waals surface area contributed by atoms with E-state index in [9.17, 15) is 27.6 Å². The Morgan fingerprint density at radius 3 is 2.06 bits per heavy atom. The molecular weight excluding hydrogens is 256 g/mol. The summed E-state index contributed by atoms with van der Waals surface area (Å²) in [6.45, 7) is 0. The van der Waals surface area contributed by atoms with E-state index in [-0.39, 0.29) is 0 Å². The molecule has 0 aromatic carbocycles. The summed E-state index contributed by atoms with van der Waals surface area (Å²) in [7, 11) is -3.45. The Hall–Kier alpha value is -1.77. The second-order valence-electron chi connectivity index (χ2n) is 3.42. The number of hydrogen-bond donors (Lipinski definition) is 2. The maximum Gasteiger partial charge on any atom is 0.332 e. The number of carbonyl (C=O) groups is 4. The minimum absolute atomic E-state index is 0.621. The number of carbonyl (C=O) groups excluding carboxylic acids is 3. The van der Waals surface area contributed by atoms with E-state index in [1.165, 1.54) is 0 Å². The first-order valence-electron chi connectivity index (χ1n) is 4.47. The molecule has 0 bridgehead atoms. The van der Waals surface area contributed by atoms with E-state index in [0.29, 0.717) is 0 Å². The molecule has 0 heterocycles. The molecular formula is C8H8O8S. The van der Waals surface area contributed by atoms with E-state index >= 15 is 0 Å². The van der Waals surface area contributed by atoms with Crippen LogP contribution in [0.4, 0.5) is 0 Å². The van der Waals surface area contributed by atoms with Gasteiger partial charge in [0.05, 0.1) is 0 Å². The van der Waals surface area contributed by atoms with Crippen LogP contribution >= 0.6 is 0 Å². The van der Waals surface area contributed by atoms with Crippen LogP contribution in [0.5, 0.6) is 0 Å². The highest BCUT2D eigenvalue weighted by Crippen LogP contribution is 2.24. The van der Waals surface area contributed by atoms with Crippen molar-refractivity contribution >= 4 is 34.5 Å². The monoisotopic (exact) mass is 264 g/mol. The van der Waals surface area contributed by atoms with Gasteiger partial charge in [0.15, 0.2) is 0 Å². The van der Waals surface area contributed by atoms with Gasteiger partial charge in [-0.15, -0.1) is 0 Å². The van der Waals surface area contributed by atoms with Crippen LogP contribution in [0.15, 0.2) is 0 Å². The molecule has 0 spiro atoms. The molecule has 1 rings (SSSR count). The highest BCUT2D eigenvalue weighted by molar-refractivity contribution is 7.67. The van der Waals surface area contributed by atoms with Crippen LogP contribution in [0.25, 0.3) is 0 Å². The highest BCUT2D eigenvalue weighted by Gasteiger charge is 2.42. The standard InChI is InChI=1S/C8H8O8S/c9-5-2-4(8(13)16-17(14)15)6(10)1-3(5)7(11)12/h3-4,17H,1-2H2,(H,11,12). The van der Waals surface area contributed by atoms with Gasteiger partial charge in [-0.25, -0.2) is 0 Å². The normalized spacial score (nSPS) is 24.8. The third-order valence-electron chi connectivity index (χ3n) is 2.34. The molecule has 2 unspecified atom stereocenters. The molecule has 17 heavy (non-hydrogen) atoms. The van der Waals surface area contributed by atoms with E-state index in [2.05, 4.69) is 4.18 Å². The lowest BCUT2D eigenvalue weighted by Crippen LogP contribution is -2.40. The van der Waals surface area contributed by atoms with Gasteiger partial charge in [0.2, 0.25) is 0 Å². The number of rotatable bonds is 3. The van der Waals surface area contributed by atoms with Crippen LogP contribution in [0.1, 0.15) is 12.8 Å². The van der Waals surface area contributed by atoms with E-state index in [0.717, 1.165) is 0 Å². The van der Waals surface area contributed by atoms with Crippen molar-refractivity contribution in [1.29, 1.82) is 0 Å². The molecule has 0 radical (unpaired) electrons. The summed E-state index contributed by atoms with van der Waals surface area (Å²) in [6, 6.07) is 0. The summed E-state index contributed by atoms with van der Waals surface area (Å²) in [5, 5.41) is 8.61. The molecule has 1 aliphatic rings. The minimum atomic E-state index is -3.45. The Morgan fingerprint density at radius 1 is 1.12 bits per heavy atom. The first-order valence-corrected chi connectivity index (χ1v) is 5.57. The molecule has 1 fully saturated rings. The quantitative estimate of drug-likeness (QED) is 0.455. The number of ketones is 2. The second-order valence-corrected chi connectivity index (χ2v) is 4.05. The largest absolute Gasteiger partial charge is 0.481 e. The van der Waals surface area contributed by atoms with Crippen molar-refractivity contribution in [3.63, 3.8) is 0 Å². The molecule has 8 nitrogen and oxygen atoms in total. The van der Waals surface area contributed by atoms with Crippen molar-refractivity contribution in [2.24, 2.45) is 11.8 Å². The first kappa shape index (κ1) is 13.3. The van der Waals surface area contributed by atoms with Gasteiger partial charge in [0, 0.05) is 12.8 Å². The van der Waals surface area contributed by atoms with Crippen molar-refractivity contribution in [3.05, 3.63) is 0 Å². The summed E-state index contributed by atoms with van der Waals surface area (Å²) in [6.07, 6.45) is -1.26. The lowest BCUT2D eigenvalue weighted by atomic mass is 9.80. The van der Waals surface area contributed by atoms with Crippen molar-refractivity contribution in [2.75, 3.05) is 0 Å². The lowest BCUT2D eigenvalue weighted by molar-refractivity contribution is -0.156. The van der Waals surface area contributed by atoms with Crippen LogP contribution < -0.4 is 0 Å². The maximum absolute atomic E-state index is 11.4. The van der Waals surface area contributed by atoms with E-state index in [4.69, 9.17) is 5.11 Å². The summed E-state index contributed by atoms with van der Waals surface area (Å²) in [5.41, 5.74) is 0. The van der Waals surface area contributed by atoms with E-state index < -0.39 is 59.2 Å². The zero-order valence-corrected chi connectivity index (χ0v) is 9.22. The second kappa shape index (κ2) is 5.04.